The van der Waals surface area contributed by atoms with Crippen LogP contribution >= 0.6 is 11.6 Å². The summed E-state index contributed by atoms with van der Waals surface area (Å²) < 4.78 is 14.2. The van der Waals surface area contributed by atoms with E-state index in [0.717, 1.165) is 0 Å². The zero-order valence-electron chi connectivity index (χ0n) is 9.65. The van der Waals surface area contributed by atoms with Crippen LogP contribution in [0, 0.1) is 5.82 Å². The van der Waals surface area contributed by atoms with Crippen molar-refractivity contribution in [2.24, 2.45) is 0 Å². The topological polar surface area (TPSA) is 46.9 Å². The molecule has 0 aliphatic carbocycles. The van der Waals surface area contributed by atoms with Crippen molar-refractivity contribution < 1.29 is 4.39 Å². The monoisotopic (exact) mass is 267 g/mol. The lowest BCUT2D eigenvalue weighted by Gasteiger charge is -2.07. The van der Waals surface area contributed by atoms with Crippen LogP contribution in [-0.2, 0) is 6.54 Å². The molecule has 4 nitrogen and oxygen atoms in total. The third-order valence-corrected chi connectivity index (χ3v) is 2.85. The Hall–Kier alpha value is -1.88. The first-order valence-electron chi connectivity index (χ1n) is 5.29. The predicted octanol–water partition coefficient (Wildman–Crippen LogP) is 2.13. The maximum Gasteiger partial charge on any atom is 0.269 e. The molecule has 0 atom stereocenters. The van der Waals surface area contributed by atoms with Gasteiger partial charge in [0, 0.05) is 18.1 Å². The lowest BCUT2D eigenvalue weighted by molar-refractivity contribution is 0.619. The van der Waals surface area contributed by atoms with Crippen molar-refractivity contribution in [3.8, 4) is 0 Å². The molecule has 0 spiro atoms. The van der Waals surface area contributed by atoms with Crippen molar-refractivity contribution in [3.05, 3.63) is 57.2 Å². The van der Waals surface area contributed by atoms with Crippen LogP contribution in [0.15, 0.2) is 35.3 Å². The number of hydrogen-bond acceptors (Lipinski definition) is 3. The molecule has 0 aliphatic rings. The van der Waals surface area contributed by atoms with Crippen LogP contribution in [0.4, 0.5) is 10.1 Å². The fourth-order valence-corrected chi connectivity index (χ4v) is 1.73. The fourth-order valence-electron chi connectivity index (χ4n) is 1.50. The van der Waals surface area contributed by atoms with Gasteiger partial charge in [0.15, 0.2) is 0 Å². The van der Waals surface area contributed by atoms with Crippen LogP contribution in [0.5, 0.6) is 0 Å². The highest BCUT2D eigenvalue weighted by molar-refractivity contribution is 6.31. The molecule has 18 heavy (non-hydrogen) atoms. The fraction of sp³-hybridized carbons (Fsp3) is 0.167. The van der Waals surface area contributed by atoms with Gasteiger partial charge >= 0.3 is 0 Å². The van der Waals surface area contributed by atoms with Crippen LogP contribution in [0.2, 0.25) is 5.02 Å². The molecule has 2 aromatic rings. The average molecular weight is 268 g/mol. The van der Waals surface area contributed by atoms with Gasteiger partial charge in [0.2, 0.25) is 0 Å². The summed E-state index contributed by atoms with van der Waals surface area (Å²) in [7, 11) is 1.71. The van der Waals surface area contributed by atoms with E-state index in [1.807, 2.05) is 0 Å². The van der Waals surface area contributed by atoms with Crippen molar-refractivity contribution in [2.45, 2.75) is 6.54 Å². The number of nitrogens with one attached hydrogen (secondary N) is 1. The maximum atomic E-state index is 12.9. The first-order chi connectivity index (χ1) is 8.60. The van der Waals surface area contributed by atoms with E-state index in [0.29, 0.717) is 11.3 Å². The summed E-state index contributed by atoms with van der Waals surface area (Å²) in [5.41, 5.74) is 1.04. The Balaban J connectivity index is 2.31. The summed E-state index contributed by atoms with van der Waals surface area (Å²) in [4.78, 5) is 11.7. The smallest absolute Gasteiger partial charge is 0.269 e. The molecule has 0 aliphatic heterocycles. The van der Waals surface area contributed by atoms with E-state index in [-0.39, 0.29) is 17.1 Å². The van der Waals surface area contributed by atoms with Gasteiger partial charge < -0.3 is 5.32 Å². The van der Waals surface area contributed by atoms with Crippen LogP contribution < -0.4 is 10.9 Å². The molecule has 1 N–H and O–H groups in total. The van der Waals surface area contributed by atoms with Crippen molar-refractivity contribution in [3.63, 3.8) is 0 Å². The molecular formula is C12H11ClFN3O. The number of aromatic nitrogens is 2. The Morgan fingerprint density at radius 2 is 2.22 bits per heavy atom. The minimum atomic E-state index is -0.408. The van der Waals surface area contributed by atoms with Gasteiger partial charge in [0.25, 0.3) is 5.56 Å². The van der Waals surface area contributed by atoms with Gasteiger partial charge in [-0.25, -0.2) is 9.07 Å². The number of nitrogens with zero attached hydrogens (tertiary/aromatic N) is 2. The minimum absolute atomic E-state index is 0.210. The third kappa shape index (κ3) is 2.68. The first-order valence-corrected chi connectivity index (χ1v) is 5.67. The van der Waals surface area contributed by atoms with Gasteiger partial charge in [-0.15, -0.1) is 0 Å². The van der Waals surface area contributed by atoms with Gasteiger partial charge in [-0.3, -0.25) is 4.79 Å². The molecule has 1 heterocycles. The Morgan fingerprint density at radius 1 is 1.44 bits per heavy atom. The lowest BCUT2D eigenvalue weighted by Crippen LogP contribution is -2.23. The second-order valence-electron chi connectivity index (χ2n) is 3.73. The van der Waals surface area contributed by atoms with E-state index < -0.39 is 5.82 Å². The normalized spacial score (nSPS) is 10.4. The Labute approximate surface area is 108 Å². The van der Waals surface area contributed by atoms with Crippen LogP contribution in [-0.4, -0.2) is 16.8 Å². The largest absolute Gasteiger partial charge is 0.387 e. The summed E-state index contributed by atoms with van der Waals surface area (Å²) in [5, 5.41) is 7.10. The number of benzene rings is 1. The van der Waals surface area contributed by atoms with Gasteiger partial charge in [0.1, 0.15) is 5.82 Å². The number of rotatable bonds is 3. The molecule has 1 aromatic heterocycles. The minimum Gasteiger partial charge on any atom is -0.387 e. The SMILES string of the molecule is CNc1cnn(Cc2ccc(F)cc2Cl)c(=O)c1. The molecule has 0 unspecified atom stereocenters. The van der Waals surface area contributed by atoms with Gasteiger partial charge in [0.05, 0.1) is 18.4 Å². The Morgan fingerprint density at radius 3 is 2.83 bits per heavy atom. The van der Waals surface area contributed by atoms with Crippen molar-refractivity contribution in [2.75, 3.05) is 12.4 Å². The molecule has 0 bridgehead atoms. The van der Waals surface area contributed by atoms with Crippen LogP contribution in [0.25, 0.3) is 0 Å². The molecule has 0 saturated heterocycles. The number of anilines is 1. The van der Waals surface area contributed by atoms with E-state index >= 15 is 0 Å². The maximum absolute atomic E-state index is 12.9. The number of hydrogen-bond donors (Lipinski definition) is 1. The van der Waals surface area contributed by atoms with Gasteiger partial charge in [-0.2, -0.15) is 5.10 Å². The molecule has 0 fully saturated rings. The van der Waals surface area contributed by atoms with Crippen molar-refractivity contribution in [1.82, 2.24) is 9.78 Å². The standard InChI is InChI=1S/C12H11ClFN3O/c1-15-10-5-12(18)17(16-6-10)7-8-2-3-9(14)4-11(8)13/h2-6,15H,7H2,1H3. The van der Waals surface area contributed by atoms with E-state index in [4.69, 9.17) is 11.6 Å². The highest BCUT2D eigenvalue weighted by atomic mass is 35.5. The molecular weight excluding hydrogens is 257 g/mol. The Kier molecular flexibility index (Phi) is 3.62. The average Bonchev–Trinajstić information content (AvgIpc) is 2.34. The van der Waals surface area contributed by atoms with Crippen LogP contribution in [0.3, 0.4) is 0 Å². The highest BCUT2D eigenvalue weighted by Crippen LogP contribution is 2.17. The molecule has 2 rings (SSSR count). The molecule has 0 saturated carbocycles. The molecule has 0 radical (unpaired) electrons. The molecule has 1 aromatic carbocycles. The summed E-state index contributed by atoms with van der Waals surface area (Å²) in [6.45, 7) is 0.210. The second-order valence-corrected chi connectivity index (χ2v) is 4.13. The zero-order valence-corrected chi connectivity index (χ0v) is 10.4. The van der Waals surface area contributed by atoms with E-state index in [2.05, 4.69) is 10.4 Å². The zero-order chi connectivity index (χ0) is 13.1. The molecule has 6 heteroatoms. The van der Waals surface area contributed by atoms with E-state index in [9.17, 15) is 9.18 Å². The first kappa shape index (κ1) is 12.6. The molecule has 94 valence electrons. The second kappa shape index (κ2) is 5.18. The summed E-state index contributed by atoms with van der Waals surface area (Å²) in [6, 6.07) is 5.49. The van der Waals surface area contributed by atoms with E-state index in [1.165, 1.54) is 28.9 Å². The van der Waals surface area contributed by atoms with Crippen molar-refractivity contribution >= 4 is 17.3 Å². The lowest BCUT2D eigenvalue weighted by atomic mass is 10.2. The quantitative estimate of drug-likeness (QED) is 0.927. The van der Waals surface area contributed by atoms with Gasteiger partial charge in [-0.05, 0) is 17.7 Å². The summed E-state index contributed by atoms with van der Waals surface area (Å²) >= 11 is 5.89. The predicted molar refractivity (Wildman–Crippen MR) is 68.6 cm³/mol. The Bertz CT molecular complexity index is 627. The molecule has 0 amide bonds. The summed E-state index contributed by atoms with van der Waals surface area (Å²) in [6.07, 6.45) is 1.54. The van der Waals surface area contributed by atoms with E-state index in [1.54, 1.807) is 13.2 Å². The van der Waals surface area contributed by atoms with Crippen LogP contribution in [0.1, 0.15) is 5.56 Å². The van der Waals surface area contributed by atoms with Gasteiger partial charge in [-0.1, -0.05) is 17.7 Å². The highest BCUT2D eigenvalue weighted by Gasteiger charge is 2.05. The van der Waals surface area contributed by atoms with Crippen molar-refractivity contribution in [1.29, 1.82) is 0 Å². The number of halogens is 2. The third-order valence-electron chi connectivity index (χ3n) is 2.49. The summed E-state index contributed by atoms with van der Waals surface area (Å²) in [5.74, 6) is -0.408.